The molecule has 0 saturated carbocycles. The number of rotatable bonds is 8. The van der Waals surface area contributed by atoms with Crippen LogP contribution >= 0.6 is 0 Å². The highest BCUT2D eigenvalue weighted by atomic mass is 16.6. The van der Waals surface area contributed by atoms with Gasteiger partial charge in [0.1, 0.15) is 0 Å². The van der Waals surface area contributed by atoms with Crippen LogP contribution in [0.4, 0.5) is 0 Å². The monoisotopic (exact) mass is 351 g/mol. The first-order chi connectivity index (χ1) is 12.7. The number of imide groups is 1. The van der Waals surface area contributed by atoms with E-state index >= 15 is 0 Å². The molecular weight excluding hydrogens is 330 g/mol. The van der Waals surface area contributed by atoms with E-state index in [9.17, 15) is 9.59 Å². The topological polar surface area (TPSA) is 55.8 Å². The van der Waals surface area contributed by atoms with E-state index in [1.807, 2.05) is 60.7 Å². The maximum Gasteiger partial charge on any atom is 0.261 e. The molecule has 2 atom stereocenters. The Morgan fingerprint density at radius 3 is 1.62 bits per heavy atom. The van der Waals surface area contributed by atoms with Gasteiger partial charge in [0.05, 0.1) is 13.2 Å². The van der Waals surface area contributed by atoms with Gasteiger partial charge in [-0.05, 0) is 11.1 Å². The number of hydrogen-bond acceptors (Lipinski definition) is 4. The lowest BCUT2D eigenvalue weighted by atomic mass is 10.2. The van der Waals surface area contributed by atoms with Crippen molar-refractivity contribution in [2.75, 3.05) is 6.54 Å². The average Bonchev–Trinajstić information content (AvgIpc) is 2.90. The van der Waals surface area contributed by atoms with Crippen molar-refractivity contribution in [2.24, 2.45) is 0 Å². The molecule has 3 rings (SSSR count). The van der Waals surface area contributed by atoms with E-state index in [-0.39, 0.29) is 31.6 Å². The largest absolute Gasteiger partial charge is 0.360 e. The van der Waals surface area contributed by atoms with Crippen LogP contribution in [0.15, 0.2) is 73.3 Å². The minimum absolute atomic E-state index is 0.147. The fourth-order valence-corrected chi connectivity index (χ4v) is 2.82. The van der Waals surface area contributed by atoms with Gasteiger partial charge in [-0.25, -0.2) is 0 Å². The average molecular weight is 351 g/mol. The Hall–Kier alpha value is -2.76. The van der Waals surface area contributed by atoms with Crippen LogP contribution in [0, 0.1) is 0 Å². The molecular formula is C21H21NO4. The van der Waals surface area contributed by atoms with Gasteiger partial charge in [-0.3, -0.25) is 14.5 Å². The number of amides is 2. The second-order valence-corrected chi connectivity index (χ2v) is 6.01. The van der Waals surface area contributed by atoms with E-state index in [0.29, 0.717) is 0 Å². The zero-order chi connectivity index (χ0) is 18.4. The minimum Gasteiger partial charge on any atom is -0.360 e. The van der Waals surface area contributed by atoms with Crippen molar-refractivity contribution >= 4 is 11.8 Å². The Morgan fingerprint density at radius 2 is 1.23 bits per heavy atom. The van der Waals surface area contributed by atoms with E-state index in [1.165, 1.54) is 6.08 Å². The SMILES string of the molecule is C=CCN1C(=O)[C@H](OCc2ccccc2)[C@@H](OCc2ccccc2)C1=O. The number of benzene rings is 2. The Balaban J connectivity index is 1.72. The Morgan fingerprint density at radius 1 is 0.808 bits per heavy atom. The number of carbonyl (C=O) groups is 2. The van der Waals surface area contributed by atoms with Gasteiger partial charge >= 0.3 is 0 Å². The maximum atomic E-state index is 12.6. The molecule has 0 radical (unpaired) electrons. The van der Waals surface area contributed by atoms with Crippen molar-refractivity contribution in [3.8, 4) is 0 Å². The molecule has 0 spiro atoms. The fourth-order valence-electron chi connectivity index (χ4n) is 2.82. The molecule has 0 bridgehead atoms. The van der Waals surface area contributed by atoms with Gasteiger partial charge in [0, 0.05) is 6.54 Å². The van der Waals surface area contributed by atoms with Gasteiger partial charge in [-0.1, -0.05) is 66.7 Å². The minimum atomic E-state index is -0.952. The first-order valence-electron chi connectivity index (χ1n) is 8.48. The summed E-state index contributed by atoms with van der Waals surface area (Å²) < 4.78 is 11.6. The van der Waals surface area contributed by atoms with Gasteiger partial charge in [-0.2, -0.15) is 0 Å². The van der Waals surface area contributed by atoms with Gasteiger partial charge in [-0.15, -0.1) is 6.58 Å². The van der Waals surface area contributed by atoms with E-state index < -0.39 is 12.2 Å². The summed E-state index contributed by atoms with van der Waals surface area (Å²) in [7, 11) is 0. The molecule has 0 aliphatic carbocycles. The summed E-state index contributed by atoms with van der Waals surface area (Å²) in [5, 5.41) is 0. The van der Waals surface area contributed by atoms with Crippen molar-refractivity contribution in [3.63, 3.8) is 0 Å². The third-order valence-corrected chi connectivity index (χ3v) is 4.15. The van der Waals surface area contributed by atoms with Crippen molar-refractivity contribution in [1.29, 1.82) is 0 Å². The predicted octanol–water partition coefficient (Wildman–Crippen LogP) is 2.71. The standard InChI is InChI=1S/C21H21NO4/c1-2-13-22-20(23)18(25-14-16-9-5-3-6-10-16)19(21(22)24)26-15-17-11-7-4-8-12-17/h2-12,18-19H,1,13-15H2/t18-,19-/m1/s1. The van der Waals surface area contributed by atoms with Crippen LogP contribution in [-0.2, 0) is 32.3 Å². The van der Waals surface area contributed by atoms with Crippen LogP contribution < -0.4 is 0 Å². The summed E-state index contributed by atoms with van der Waals surface area (Å²) in [6.45, 7) is 4.22. The van der Waals surface area contributed by atoms with Crippen molar-refractivity contribution in [2.45, 2.75) is 25.4 Å². The van der Waals surface area contributed by atoms with Gasteiger partial charge in [0.15, 0.2) is 12.2 Å². The van der Waals surface area contributed by atoms with Crippen LogP contribution in [0.2, 0.25) is 0 Å². The Bertz CT molecular complexity index is 699. The van der Waals surface area contributed by atoms with Crippen LogP contribution in [-0.4, -0.2) is 35.5 Å². The van der Waals surface area contributed by atoms with E-state index in [1.54, 1.807) is 0 Å². The quantitative estimate of drug-likeness (QED) is 0.542. The molecule has 1 saturated heterocycles. The lowest BCUT2D eigenvalue weighted by Gasteiger charge is -2.17. The molecule has 1 aliphatic rings. The summed E-state index contributed by atoms with van der Waals surface area (Å²) in [5.74, 6) is -0.771. The molecule has 26 heavy (non-hydrogen) atoms. The molecule has 5 nitrogen and oxygen atoms in total. The number of likely N-dealkylation sites (tertiary alicyclic amines) is 1. The molecule has 5 heteroatoms. The molecule has 134 valence electrons. The zero-order valence-electron chi connectivity index (χ0n) is 14.4. The molecule has 0 N–H and O–H groups in total. The molecule has 1 fully saturated rings. The maximum absolute atomic E-state index is 12.6. The van der Waals surface area contributed by atoms with Crippen LogP contribution in [0.25, 0.3) is 0 Å². The summed E-state index contributed by atoms with van der Waals surface area (Å²) in [5.41, 5.74) is 1.86. The molecule has 0 aromatic heterocycles. The summed E-state index contributed by atoms with van der Waals surface area (Å²) in [4.78, 5) is 26.3. The lowest BCUT2D eigenvalue weighted by Crippen LogP contribution is -2.34. The molecule has 2 aromatic carbocycles. The molecule has 0 unspecified atom stereocenters. The van der Waals surface area contributed by atoms with Gasteiger partial charge in [0.2, 0.25) is 0 Å². The lowest BCUT2D eigenvalue weighted by molar-refractivity contribution is -0.142. The molecule has 2 aromatic rings. The van der Waals surface area contributed by atoms with E-state index in [0.717, 1.165) is 16.0 Å². The molecule has 2 amide bonds. The number of hydrogen-bond donors (Lipinski definition) is 0. The Kier molecular flexibility index (Phi) is 5.94. The van der Waals surface area contributed by atoms with Crippen LogP contribution in [0.1, 0.15) is 11.1 Å². The predicted molar refractivity (Wildman–Crippen MR) is 97.0 cm³/mol. The van der Waals surface area contributed by atoms with Gasteiger partial charge in [0.25, 0.3) is 11.8 Å². The molecule has 1 aliphatic heterocycles. The van der Waals surface area contributed by atoms with E-state index in [4.69, 9.17) is 9.47 Å². The highest BCUT2D eigenvalue weighted by Gasteiger charge is 2.49. The third kappa shape index (κ3) is 4.07. The summed E-state index contributed by atoms with van der Waals surface area (Å²) in [6.07, 6.45) is -0.387. The second-order valence-electron chi connectivity index (χ2n) is 6.01. The second kappa shape index (κ2) is 8.56. The number of nitrogens with zero attached hydrogens (tertiary/aromatic N) is 1. The normalized spacial score (nSPS) is 19.8. The summed E-state index contributed by atoms with van der Waals surface area (Å²) in [6, 6.07) is 19.0. The van der Waals surface area contributed by atoms with E-state index in [2.05, 4.69) is 6.58 Å². The smallest absolute Gasteiger partial charge is 0.261 e. The van der Waals surface area contributed by atoms with Crippen LogP contribution in [0.3, 0.4) is 0 Å². The first-order valence-corrected chi connectivity index (χ1v) is 8.48. The first kappa shape index (κ1) is 18.0. The van der Waals surface area contributed by atoms with Crippen LogP contribution in [0.5, 0.6) is 0 Å². The van der Waals surface area contributed by atoms with Crippen molar-refractivity contribution < 1.29 is 19.1 Å². The van der Waals surface area contributed by atoms with Crippen molar-refractivity contribution in [1.82, 2.24) is 4.90 Å². The van der Waals surface area contributed by atoms with Gasteiger partial charge < -0.3 is 9.47 Å². The fraction of sp³-hybridized carbons (Fsp3) is 0.238. The van der Waals surface area contributed by atoms with Crippen molar-refractivity contribution in [3.05, 3.63) is 84.4 Å². The number of ether oxygens (including phenoxy) is 2. The molecule has 1 heterocycles. The number of carbonyl (C=O) groups excluding carboxylic acids is 2. The Labute approximate surface area is 152 Å². The highest BCUT2D eigenvalue weighted by molar-refractivity contribution is 6.08. The third-order valence-electron chi connectivity index (χ3n) is 4.15. The highest BCUT2D eigenvalue weighted by Crippen LogP contribution is 2.22. The zero-order valence-corrected chi connectivity index (χ0v) is 14.4. The summed E-state index contributed by atoms with van der Waals surface area (Å²) >= 11 is 0.